The van der Waals surface area contributed by atoms with Crippen molar-refractivity contribution >= 4 is 22.8 Å². The zero-order chi connectivity index (χ0) is 17.0. The first kappa shape index (κ1) is 17.0. The highest BCUT2D eigenvalue weighted by Gasteiger charge is 2.19. The average molecular weight is 316 g/mol. The Bertz CT molecular complexity index is 706. The maximum atomic E-state index is 12.2. The number of amides is 2. The molecule has 1 heterocycles. The largest absolute Gasteiger partial charge is 0.352 e. The lowest BCUT2D eigenvalue weighted by molar-refractivity contribution is -0.122. The number of nitrogens with zero attached hydrogens (tertiary/aromatic N) is 2. The van der Waals surface area contributed by atoms with E-state index in [1.54, 1.807) is 6.92 Å². The lowest BCUT2D eigenvalue weighted by Crippen LogP contribution is -2.34. The second kappa shape index (κ2) is 7.26. The van der Waals surface area contributed by atoms with Gasteiger partial charge in [-0.2, -0.15) is 0 Å². The fourth-order valence-electron chi connectivity index (χ4n) is 2.51. The van der Waals surface area contributed by atoms with Gasteiger partial charge < -0.3 is 15.2 Å². The average Bonchev–Trinajstić information content (AvgIpc) is 2.85. The third kappa shape index (κ3) is 4.09. The number of hydrogen-bond acceptors (Lipinski definition) is 3. The number of aromatic nitrogens is 2. The highest BCUT2D eigenvalue weighted by atomic mass is 16.2. The van der Waals surface area contributed by atoms with E-state index in [1.807, 2.05) is 49.6 Å². The third-order valence-corrected chi connectivity index (χ3v) is 3.52. The van der Waals surface area contributed by atoms with Gasteiger partial charge in [0.25, 0.3) is 0 Å². The van der Waals surface area contributed by atoms with Gasteiger partial charge in [0.15, 0.2) is 0 Å². The van der Waals surface area contributed by atoms with Crippen molar-refractivity contribution in [3.05, 3.63) is 30.1 Å². The Hall–Kier alpha value is -2.37. The van der Waals surface area contributed by atoms with Crippen LogP contribution in [0.2, 0.25) is 0 Å². The number of hydrogen-bond donors (Lipinski definition) is 2. The maximum absolute atomic E-state index is 12.2. The van der Waals surface area contributed by atoms with Crippen molar-refractivity contribution < 1.29 is 9.59 Å². The topological polar surface area (TPSA) is 76.0 Å². The molecule has 1 unspecified atom stereocenters. The summed E-state index contributed by atoms with van der Waals surface area (Å²) in [4.78, 5) is 28.4. The molecular weight excluding hydrogens is 292 g/mol. The van der Waals surface area contributed by atoms with Crippen molar-refractivity contribution in [3.63, 3.8) is 0 Å². The molecule has 1 aromatic carbocycles. The van der Waals surface area contributed by atoms with Gasteiger partial charge >= 0.3 is 0 Å². The molecule has 2 rings (SSSR count). The molecule has 6 nitrogen and oxygen atoms in total. The molecule has 0 saturated heterocycles. The normalized spacial score (nSPS) is 12.4. The van der Waals surface area contributed by atoms with E-state index in [1.165, 1.54) is 0 Å². The lowest BCUT2D eigenvalue weighted by Gasteiger charge is -2.16. The SMILES string of the molecule is CCC(=O)NC(C)c1nc2ccccc2n1CC(=O)NC(C)C. The van der Waals surface area contributed by atoms with E-state index in [0.29, 0.717) is 12.2 Å². The van der Waals surface area contributed by atoms with Gasteiger partial charge in [0.2, 0.25) is 11.8 Å². The third-order valence-electron chi connectivity index (χ3n) is 3.52. The van der Waals surface area contributed by atoms with Crippen LogP contribution in [0.1, 0.15) is 46.0 Å². The molecule has 0 fully saturated rings. The van der Waals surface area contributed by atoms with Crippen LogP contribution in [0.4, 0.5) is 0 Å². The Labute approximate surface area is 136 Å². The van der Waals surface area contributed by atoms with Crippen LogP contribution in [-0.2, 0) is 16.1 Å². The summed E-state index contributed by atoms with van der Waals surface area (Å²) in [6, 6.07) is 7.49. The first-order valence-electron chi connectivity index (χ1n) is 7.96. The molecule has 6 heteroatoms. The number of fused-ring (bicyclic) bond motifs is 1. The Kier molecular flexibility index (Phi) is 5.36. The van der Waals surface area contributed by atoms with Crippen LogP contribution in [0, 0.1) is 0 Å². The van der Waals surface area contributed by atoms with Crippen molar-refractivity contribution in [2.24, 2.45) is 0 Å². The monoisotopic (exact) mass is 316 g/mol. The van der Waals surface area contributed by atoms with Crippen LogP contribution < -0.4 is 10.6 Å². The highest BCUT2D eigenvalue weighted by Crippen LogP contribution is 2.20. The molecule has 0 aliphatic carbocycles. The summed E-state index contributed by atoms with van der Waals surface area (Å²) in [6.45, 7) is 7.72. The van der Waals surface area contributed by atoms with Gasteiger partial charge in [-0.1, -0.05) is 19.1 Å². The molecule has 23 heavy (non-hydrogen) atoms. The van der Waals surface area contributed by atoms with Crippen molar-refractivity contribution in [3.8, 4) is 0 Å². The second-order valence-corrected chi connectivity index (χ2v) is 5.91. The predicted octanol–water partition coefficient (Wildman–Crippen LogP) is 2.15. The summed E-state index contributed by atoms with van der Waals surface area (Å²) in [5.74, 6) is 0.577. The smallest absolute Gasteiger partial charge is 0.240 e. The van der Waals surface area contributed by atoms with Gasteiger partial charge in [-0.3, -0.25) is 9.59 Å². The van der Waals surface area contributed by atoms with Crippen LogP contribution in [0.25, 0.3) is 11.0 Å². The van der Waals surface area contributed by atoms with Crippen molar-refractivity contribution in [2.75, 3.05) is 0 Å². The molecule has 0 radical (unpaired) electrons. The summed E-state index contributed by atoms with van der Waals surface area (Å²) in [7, 11) is 0. The van der Waals surface area contributed by atoms with Crippen LogP contribution >= 0.6 is 0 Å². The number of carbonyl (C=O) groups is 2. The van der Waals surface area contributed by atoms with E-state index >= 15 is 0 Å². The summed E-state index contributed by atoms with van der Waals surface area (Å²) in [5, 5.41) is 5.80. The first-order chi connectivity index (χ1) is 10.9. The standard InChI is InChI=1S/C17H24N4O2/c1-5-15(22)19-12(4)17-20-13-8-6-7-9-14(13)21(17)10-16(23)18-11(2)3/h6-9,11-12H,5,10H2,1-4H3,(H,18,23)(H,19,22). The number of rotatable bonds is 6. The van der Waals surface area contributed by atoms with E-state index in [9.17, 15) is 9.59 Å². The fourth-order valence-corrected chi connectivity index (χ4v) is 2.51. The van der Waals surface area contributed by atoms with E-state index in [-0.39, 0.29) is 30.4 Å². The molecular formula is C17H24N4O2. The molecule has 0 aliphatic rings. The molecule has 0 saturated carbocycles. The van der Waals surface area contributed by atoms with Gasteiger partial charge in [0.05, 0.1) is 17.1 Å². The zero-order valence-electron chi connectivity index (χ0n) is 14.1. The van der Waals surface area contributed by atoms with Crippen LogP contribution in [0.5, 0.6) is 0 Å². The summed E-state index contributed by atoms with van der Waals surface area (Å²) >= 11 is 0. The molecule has 2 aromatic rings. The molecule has 1 aromatic heterocycles. The van der Waals surface area contributed by atoms with E-state index in [4.69, 9.17) is 0 Å². The van der Waals surface area contributed by atoms with Gasteiger partial charge in [-0.15, -0.1) is 0 Å². The summed E-state index contributed by atoms with van der Waals surface area (Å²) in [5.41, 5.74) is 1.71. The second-order valence-electron chi connectivity index (χ2n) is 5.91. The Morgan fingerprint density at radius 3 is 2.48 bits per heavy atom. The minimum absolute atomic E-state index is 0.0391. The Morgan fingerprint density at radius 2 is 1.83 bits per heavy atom. The number of imidazole rings is 1. The van der Waals surface area contributed by atoms with Crippen molar-refractivity contribution in [1.82, 2.24) is 20.2 Å². The molecule has 2 amide bonds. The first-order valence-corrected chi connectivity index (χ1v) is 7.96. The van der Waals surface area contributed by atoms with E-state index in [2.05, 4.69) is 15.6 Å². The lowest BCUT2D eigenvalue weighted by atomic mass is 10.3. The Balaban J connectivity index is 2.37. The van der Waals surface area contributed by atoms with Gasteiger partial charge in [-0.05, 0) is 32.9 Å². The van der Waals surface area contributed by atoms with Crippen LogP contribution in [-0.4, -0.2) is 27.4 Å². The molecule has 0 bridgehead atoms. The molecule has 0 aliphatic heterocycles. The van der Waals surface area contributed by atoms with E-state index < -0.39 is 0 Å². The van der Waals surface area contributed by atoms with Gasteiger partial charge in [0.1, 0.15) is 12.4 Å². The molecule has 2 N–H and O–H groups in total. The zero-order valence-corrected chi connectivity index (χ0v) is 14.1. The quantitative estimate of drug-likeness (QED) is 0.857. The van der Waals surface area contributed by atoms with Gasteiger partial charge in [-0.25, -0.2) is 4.98 Å². The minimum atomic E-state index is -0.262. The number of para-hydroxylation sites is 2. The van der Waals surface area contributed by atoms with Crippen LogP contribution in [0.15, 0.2) is 24.3 Å². The van der Waals surface area contributed by atoms with Gasteiger partial charge in [0, 0.05) is 12.5 Å². The maximum Gasteiger partial charge on any atom is 0.240 e. The fraction of sp³-hybridized carbons (Fsp3) is 0.471. The Morgan fingerprint density at radius 1 is 1.13 bits per heavy atom. The van der Waals surface area contributed by atoms with Crippen molar-refractivity contribution in [2.45, 2.75) is 52.7 Å². The summed E-state index contributed by atoms with van der Waals surface area (Å²) < 4.78 is 1.87. The number of nitrogens with one attached hydrogen (secondary N) is 2. The molecule has 124 valence electrons. The highest BCUT2D eigenvalue weighted by molar-refractivity contribution is 5.81. The molecule has 1 atom stereocenters. The predicted molar refractivity (Wildman–Crippen MR) is 89.9 cm³/mol. The minimum Gasteiger partial charge on any atom is -0.352 e. The van der Waals surface area contributed by atoms with Crippen LogP contribution in [0.3, 0.4) is 0 Å². The van der Waals surface area contributed by atoms with E-state index in [0.717, 1.165) is 11.0 Å². The summed E-state index contributed by atoms with van der Waals surface area (Å²) in [6.07, 6.45) is 0.415. The number of benzene rings is 1. The molecule has 0 spiro atoms. The van der Waals surface area contributed by atoms with Crippen molar-refractivity contribution in [1.29, 1.82) is 0 Å². The number of carbonyl (C=O) groups excluding carboxylic acids is 2.